The van der Waals surface area contributed by atoms with E-state index in [0.717, 1.165) is 5.52 Å². The van der Waals surface area contributed by atoms with E-state index in [0.29, 0.717) is 11.2 Å². The lowest BCUT2D eigenvalue weighted by atomic mass is 10.2. The van der Waals surface area contributed by atoms with E-state index in [-0.39, 0.29) is 6.42 Å². The van der Waals surface area contributed by atoms with Crippen molar-refractivity contribution in [3.8, 4) is 0 Å². The number of carboxylic acids is 1. The van der Waals surface area contributed by atoms with Gasteiger partial charge < -0.3 is 10.1 Å². The van der Waals surface area contributed by atoms with Gasteiger partial charge in [0.2, 0.25) is 0 Å². The van der Waals surface area contributed by atoms with E-state index in [2.05, 4.69) is 15.0 Å². The van der Waals surface area contributed by atoms with Gasteiger partial charge in [-0.25, -0.2) is 4.98 Å². The molecule has 0 saturated heterocycles. The molecule has 2 rings (SSSR count). The Morgan fingerprint density at radius 3 is 3.15 bits per heavy atom. The summed E-state index contributed by atoms with van der Waals surface area (Å²) in [5.41, 5.74) is 1.93. The molecule has 0 saturated carbocycles. The molecule has 0 spiro atoms. The quantitative estimate of drug-likeness (QED) is 0.703. The zero-order chi connectivity index (χ0) is 9.26. The van der Waals surface area contributed by atoms with Crippen molar-refractivity contribution in [3.05, 3.63) is 24.3 Å². The Morgan fingerprint density at radius 1 is 1.54 bits per heavy atom. The normalized spacial score (nSPS) is 10.5. The third kappa shape index (κ3) is 1.35. The second kappa shape index (κ2) is 2.85. The molecule has 66 valence electrons. The Hall–Kier alpha value is -1.91. The van der Waals surface area contributed by atoms with Crippen molar-refractivity contribution >= 4 is 17.0 Å². The standard InChI is InChI=1S/C8H7N3O2/c12-7(13)3-6-8-5(1-2-9-6)10-4-11-8/h1-2,4H,3H2,(H,10,11)(H,12,13). The molecule has 0 aliphatic carbocycles. The number of pyridine rings is 1. The van der Waals surface area contributed by atoms with Crippen LogP contribution in [0, 0.1) is 0 Å². The molecule has 0 atom stereocenters. The first kappa shape index (κ1) is 7.72. The topological polar surface area (TPSA) is 78.9 Å². The molecule has 2 aromatic heterocycles. The summed E-state index contributed by atoms with van der Waals surface area (Å²) in [6.07, 6.45) is 3.00. The van der Waals surface area contributed by atoms with Gasteiger partial charge in [-0.15, -0.1) is 0 Å². The fourth-order valence-corrected chi connectivity index (χ4v) is 1.20. The first-order chi connectivity index (χ1) is 6.27. The summed E-state index contributed by atoms with van der Waals surface area (Å²) < 4.78 is 0. The average molecular weight is 177 g/mol. The molecule has 0 aromatic carbocycles. The highest BCUT2D eigenvalue weighted by atomic mass is 16.4. The Labute approximate surface area is 73.4 Å². The van der Waals surface area contributed by atoms with Crippen molar-refractivity contribution < 1.29 is 9.90 Å². The minimum atomic E-state index is -0.900. The van der Waals surface area contributed by atoms with Gasteiger partial charge in [-0.1, -0.05) is 0 Å². The number of aliphatic carboxylic acids is 1. The molecule has 0 radical (unpaired) electrons. The first-order valence-corrected chi connectivity index (χ1v) is 3.76. The number of hydrogen-bond donors (Lipinski definition) is 2. The summed E-state index contributed by atoms with van der Waals surface area (Å²) in [6, 6.07) is 1.76. The summed E-state index contributed by atoms with van der Waals surface area (Å²) in [4.78, 5) is 21.3. The van der Waals surface area contributed by atoms with E-state index >= 15 is 0 Å². The van der Waals surface area contributed by atoms with Crippen LogP contribution in [0.5, 0.6) is 0 Å². The van der Waals surface area contributed by atoms with Gasteiger partial charge in [0.15, 0.2) is 0 Å². The zero-order valence-electron chi connectivity index (χ0n) is 6.69. The van der Waals surface area contributed by atoms with Crippen LogP contribution in [0.4, 0.5) is 0 Å². The lowest BCUT2D eigenvalue weighted by molar-refractivity contribution is -0.136. The number of aromatic nitrogens is 3. The van der Waals surface area contributed by atoms with Crippen molar-refractivity contribution in [3.63, 3.8) is 0 Å². The van der Waals surface area contributed by atoms with Crippen molar-refractivity contribution in [2.75, 3.05) is 0 Å². The van der Waals surface area contributed by atoms with Crippen LogP contribution in [0.25, 0.3) is 11.0 Å². The van der Waals surface area contributed by atoms with Gasteiger partial charge in [0.1, 0.15) is 5.52 Å². The fourth-order valence-electron chi connectivity index (χ4n) is 1.20. The maximum absolute atomic E-state index is 10.5. The van der Waals surface area contributed by atoms with Crippen molar-refractivity contribution in [1.82, 2.24) is 15.0 Å². The van der Waals surface area contributed by atoms with Crippen molar-refractivity contribution in [2.24, 2.45) is 0 Å². The number of nitrogens with one attached hydrogen (secondary N) is 1. The molecular formula is C8H7N3O2. The van der Waals surface area contributed by atoms with Gasteiger partial charge in [-0.05, 0) is 6.07 Å². The van der Waals surface area contributed by atoms with E-state index < -0.39 is 5.97 Å². The second-order valence-corrected chi connectivity index (χ2v) is 2.63. The van der Waals surface area contributed by atoms with Gasteiger partial charge in [0.25, 0.3) is 0 Å². The van der Waals surface area contributed by atoms with E-state index in [1.165, 1.54) is 6.33 Å². The van der Waals surface area contributed by atoms with Crippen LogP contribution in [-0.4, -0.2) is 26.0 Å². The summed E-state index contributed by atoms with van der Waals surface area (Å²) in [7, 11) is 0. The molecule has 5 heteroatoms. The SMILES string of the molecule is O=C(O)Cc1nccc2[nH]cnc12. The van der Waals surface area contributed by atoms with E-state index in [1.54, 1.807) is 12.3 Å². The molecule has 0 aliphatic heterocycles. The number of hydrogen-bond acceptors (Lipinski definition) is 3. The van der Waals surface area contributed by atoms with Gasteiger partial charge >= 0.3 is 5.97 Å². The predicted octanol–water partition coefficient (Wildman–Crippen LogP) is 0.585. The Kier molecular flexibility index (Phi) is 1.70. The van der Waals surface area contributed by atoms with E-state index in [4.69, 9.17) is 5.11 Å². The number of aromatic amines is 1. The minimum Gasteiger partial charge on any atom is -0.481 e. The lowest BCUT2D eigenvalue weighted by Crippen LogP contribution is -2.02. The molecule has 0 fully saturated rings. The molecule has 2 aromatic rings. The summed E-state index contributed by atoms with van der Waals surface area (Å²) >= 11 is 0. The van der Waals surface area contributed by atoms with Crippen LogP contribution in [0.3, 0.4) is 0 Å². The molecule has 5 nitrogen and oxygen atoms in total. The highest BCUT2D eigenvalue weighted by Gasteiger charge is 2.07. The Morgan fingerprint density at radius 2 is 2.38 bits per heavy atom. The molecule has 2 heterocycles. The summed E-state index contributed by atoms with van der Waals surface area (Å²) in [5.74, 6) is -0.900. The highest BCUT2D eigenvalue weighted by Crippen LogP contribution is 2.11. The van der Waals surface area contributed by atoms with Crippen LogP contribution in [0.1, 0.15) is 5.69 Å². The van der Waals surface area contributed by atoms with E-state index in [1.807, 2.05) is 0 Å². The third-order valence-electron chi connectivity index (χ3n) is 1.73. The number of carboxylic acid groups (broad SMARTS) is 1. The van der Waals surface area contributed by atoms with Gasteiger partial charge in [-0.2, -0.15) is 0 Å². The monoisotopic (exact) mass is 177 g/mol. The lowest BCUT2D eigenvalue weighted by Gasteiger charge is -1.95. The molecular weight excluding hydrogens is 170 g/mol. The molecule has 0 amide bonds. The number of imidazole rings is 1. The Bertz CT molecular complexity index is 449. The first-order valence-electron chi connectivity index (χ1n) is 3.76. The summed E-state index contributed by atoms with van der Waals surface area (Å²) in [5, 5.41) is 8.59. The molecule has 2 N–H and O–H groups in total. The van der Waals surface area contributed by atoms with Crippen molar-refractivity contribution in [1.29, 1.82) is 0 Å². The maximum atomic E-state index is 10.5. The number of rotatable bonds is 2. The maximum Gasteiger partial charge on any atom is 0.309 e. The second-order valence-electron chi connectivity index (χ2n) is 2.63. The van der Waals surface area contributed by atoms with Crippen LogP contribution < -0.4 is 0 Å². The number of H-pyrrole nitrogens is 1. The highest BCUT2D eigenvalue weighted by molar-refractivity contribution is 5.81. The van der Waals surface area contributed by atoms with Crippen LogP contribution >= 0.6 is 0 Å². The fraction of sp³-hybridized carbons (Fsp3) is 0.125. The smallest absolute Gasteiger partial charge is 0.309 e. The number of nitrogens with zero attached hydrogens (tertiary/aromatic N) is 2. The largest absolute Gasteiger partial charge is 0.481 e. The Balaban J connectivity index is 2.54. The van der Waals surface area contributed by atoms with Crippen LogP contribution in [0.15, 0.2) is 18.6 Å². The summed E-state index contributed by atoms with van der Waals surface area (Å²) in [6.45, 7) is 0. The third-order valence-corrected chi connectivity index (χ3v) is 1.73. The molecule has 0 aliphatic rings. The molecule has 0 unspecified atom stereocenters. The predicted molar refractivity (Wildman–Crippen MR) is 45.2 cm³/mol. The molecule has 0 bridgehead atoms. The van der Waals surface area contributed by atoms with Gasteiger partial charge in [0.05, 0.1) is 24.0 Å². The van der Waals surface area contributed by atoms with Crippen LogP contribution in [0.2, 0.25) is 0 Å². The van der Waals surface area contributed by atoms with Gasteiger partial charge in [0, 0.05) is 6.20 Å². The van der Waals surface area contributed by atoms with Crippen LogP contribution in [-0.2, 0) is 11.2 Å². The molecule has 13 heavy (non-hydrogen) atoms. The zero-order valence-corrected chi connectivity index (χ0v) is 6.69. The number of carbonyl (C=O) groups is 1. The van der Waals surface area contributed by atoms with Gasteiger partial charge in [-0.3, -0.25) is 9.78 Å². The number of fused-ring (bicyclic) bond motifs is 1. The minimum absolute atomic E-state index is 0.0950. The van der Waals surface area contributed by atoms with E-state index in [9.17, 15) is 4.79 Å². The average Bonchev–Trinajstić information content (AvgIpc) is 2.51. The van der Waals surface area contributed by atoms with Crippen molar-refractivity contribution in [2.45, 2.75) is 6.42 Å².